The van der Waals surface area contributed by atoms with Gasteiger partial charge in [-0.05, 0) is 81.2 Å². The number of hydrogen-bond acceptors (Lipinski definition) is 7. The molecule has 2 unspecified atom stereocenters. The number of benzene rings is 1. The lowest BCUT2D eigenvalue weighted by molar-refractivity contribution is 0.273. The predicted octanol–water partition coefficient (Wildman–Crippen LogP) is 8.24. The summed E-state index contributed by atoms with van der Waals surface area (Å²) in [5, 5.41) is 9.81. The van der Waals surface area contributed by atoms with E-state index >= 15 is 0 Å². The predicted molar refractivity (Wildman–Crippen MR) is 192 cm³/mol. The number of terminal acetylenes is 1. The molecule has 46 heavy (non-hydrogen) atoms. The van der Waals surface area contributed by atoms with Gasteiger partial charge in [0.15, 0.2) is 17.4 Å². The van der Waals surface area contributed by atoms with Crippen molar-refractivity contribution in [2.45, 2.75) is 73.6 Å². The maximum atomic E-state index is 6.25. The highest BCUT2D eigenvalue weighted by Gasteiger charge is 2.24. The molecule has 0 fully saturated rings. The van der Waals surface area contributed by atoms with Crippen LogP contribution in [-0.4, -0.2) is 48.3 Å². The zero-order valence-electron chi connectivity index (χ0n) is 28.4. The number of rotatable bonds is 13. The fourth-order valence-electron chi connectivity index (χ4n) is 5.14. The lowest BCUT2D eigenvalue weighted by Crippen LogP contribution is -2.30. The van der Waals surface area contributed by atoms with E-state index in [4.69, 9.17) is 25.9 Å². The number of aromatic nitrogens is 1. The van der Waals surface area contributed by atoms with Crippen LogP contribution >= 0.6 is 0 Å². The summed E-state index contributed by atoms with van der Waals surface area (Å²) in [6.45, 7) is 15.9. The van der Waals surface area contributed by atoms with Gasteiger partial charge in [-0.1, -0.05) is 52.0 Å². The van der Waals surface area contributed by atoms with E-state index in [0.29, 0.717) is 24.9 Å². The third-order valence-electron chi connectivity index (χ3n) is 7.79. The van der Waals surface area contributed by atoms with Crippen LogP contribution in [0.4, 0.5) is 11.5 Å². The van der Waals surface area contributed by atoms with E-state index in [9.17, 15) is 0 Å². The van der Waals surface area contributed by atoms with Crippen LogP contribution in [0.3, 0.4) is 0 Å². The SMILES string of the molecule is C#CC(C)/C=N\N1C=CC(Oc2ccc(NC(=N/C=C/CCC)c3nc4c(cc3C)OCC(C)CN4CCCCC)cc2C)=CC1. The number of fused-ring (bicyclic) bond motifs is 1. The Balaban J connectivity index is 1.56. The number of amidine groups is 1. The molecule has 3 heterocycles. The van der Waals surface area contributed by atoms with Crippen molar-refractivity contribution in [3.63, 3.8) is 0 Å². The number of unbranched alkanes of at least 4 members (excludes halogenated alkanes) is 3. The molecule has 4 rings (SSSR count). The average Bonchev–Trinajstić information content (AvgIpc) is 3.20. The Labute approximate surface area is 276 Å². The molecule has 0 radical (unpaired) electrons. The van der Waals surface area contributed by atoms with E-state index in [1.165, 1.54) is 12.8 Å². The Bertz CT molecular complexity index is 1520. The molecule has 1 aromatic heterocycles. The van der Waals surface area contributed by atoms with Gasteiger partial charge in [0.05, 0.1) is 19.1 Å². The molecule has 0 spiro atoms. The summed E-state index contributed by atoms with van der Waals surface area (Å²) in [6, 6.07) is 8.19. The van der Waals surface area contributed by atoms with E-state index in [1.54, 1.807) is 6.21 Å². The summed E-state index contributed by atoms with van der Waals surface area (Å²) < 4.78 is 12.5. The van der Waals surface area contributed by atoms with E-state index < -0.39 is 0 Å². The smallest absolute Gasteiger partial charge is 0.172 e. The summed E-state index contributed by atoms with van der Waals surface area (Å²) in [5.41, 5.74) is 3.74. The summed E-state index contributed by atoms with van der Waals surface area (Å²) >= 11 is 0. The molecule has 2 aliphatic heterocycles. The lowest BCUT2D eigenvalue weighted by atomic mass is 10.1. The van der Waals surface area contributed by atoms with Gasteiger partial charge in [0.25, 0.3) is 0 Å². The molecule has 0 aliphatic carbocycles. The van der Waals surface area contributed by atoms with E-state index in [2.05, 4.69) is 67.1 Å². The van der Waals surface area contributed by atoms with Crippen LogP contribution < -0.4 is 19.7 Å². The van der Waals surface area contributed by atoms with Crippen LogP contribution in [-0.2, 0) is 0 Å². The first-order valence-corrected chi connectivity index (χ1v) is 16.6. The van der Waals surface area contributed by atoms with E-state index in [1.807, 2.05) is 55.5 Å². The van der Waals surface area contributed by atoms with Crippen LogP contribution in [0.1, 0.15) is 76.6 Å². The Hall–Kier alpha value is -4.51. The molecule has 1 aromatic carbocycles. The molecular weight excluding hydrogens is 572 g/mol. The second kappa shape index (κ2) is 17.3. The number of anilines is 2. The van der Waals surface area contributed by atoms with Gasteiger partial charge in [0, 0.05) is 43.3 Å². The lowest BCUT2D eigenvalue weighted by Gasteiger charge is -2.25. The highest BCUT2D eigenvalue weighted by atomic mass is 16.5. The fraction of sp³-hybridized carbons (Fsp3) is 0.447. The molecule has 2 aromatic rings. The number of aryl methyl sites for hydroxylation is 2. The molecule has 0 amide bonds. The van der Waals surface area contributed by atoms with Crippen molar-refractivity contribution in [1.82, 2.24) is 9.99 Å². The summed E-state index contributed by atoms with van der Waals surface area (Å²) in [5.74, 6) is 7.07. The number of allylic oxidation sites excluding steroid dienone is 2. The first-order chi connectivity index (χ1) is 22.3. The van der Waals surface area contributed by atoms with Crippen LogP contribution in [0.25, 0.3) is 0 Å². The van der Waals surface area contributed by atoms with Crippen molar-refractivity contribution in [1.29, 1.82) is 0 Å². The third kappa shape index (κ3) is 9.74. The minimum Gasteiger partial charge on any atom is -0.489 e. The van der Waals surface area contributed by atoms with Crippen molar-refractivity contribution < 1.29 is 9.47 Å². The first-order valence-electron chi connectivity index (χ1n) is 16.6. The van der Waals surface area contributed by atoms with Crippen molar-refractivity contribution in [3.05, 3.63) is 77.5 Å². The molecule has 1 N–H and O–H groups in total. The van der Waals surface area contributed by atoms with Gasteiger partial charge in [-0.15, -0.1) is 6.42 Å². The minimum atomic E-state index is -0.0118. The average molecular weight is 623 g/mol. The number of aliphatic imine (C=N–C) groups is 1. The molecule has 2 aliphatic rings. The van der Waals surface area contributed by atoms with Gasteiger partial charge in [-0.2, -0.15) is 5.10 Å². The number of pyridine rings is 1. The second-order valence-corrected chi connectivity index (χ2v) is 12.2. The van der Waals surface area contributed by atoms with Crippen LogP contribution in [0, 0.1) is 38.0 Å². The maximum Gasteiger partial charge on any atom is 0.172 e. The number of nitrogens with one attached hydrogen (secondary N) is 1. The van der Waals surface area contributed by atoms with Gasteiger partial charge in [0.2, 0.25) is 0 Å². The van der Waals surface area contributed by atoms with Crippen LogP contribution in [0.5, 0.6) is 11.5 Å². The first kappa shape index (κ1) is 34.4. The van der Waals surface area contributed by atoms with Gasteiger partial charge in [0.1, 0.15) is 17.2 Å². The number of ether oxygens (including phenoxy) is 2. The Morgan fingerprint density at radius 1 is 1.22 bits per heavy atom. The summed E-state index contributed by atoms with van der Waals surface area (Å²) in [6.07, 6.45) is 22.5. The largest absolute Gasteiger partial charge is 0.489 e. The van der Waals surface area contributed by atoms with Crippen LogP contribution in [0.15, 0.2) is 70.7 Å². The fourth-order valence-corrected chi connectivity index (χ4v) is 5.14. The van der Waals surface area contributed by atoms with E-state index in [0.717, 1.165) is 77.9 Å². The van der Waals surface area contributed by atoms with E-state index in [-0.39, 0.29) is 5.92 Å². The minimum absolute atomic E-state index is 0.0118. The Morgan fingerprint density at radius 2 is 2.07 bits per heavy atom. The molecule has 8 nitrogen and oxygen atoms in total. The molecule has 244 valence electrons. The number of hydrogen-bond donors (Lipinski definition) is 1. The summed E-state index contributed by atoms with van der Waals surface area (Å²) in [4.78, 5) is 12.5. The molecule has 8 heteroatoms. The van der Waals surface area contributed by atoms with Crippen molar-refractivity contribution in [2.75, 3.05) is 36.5 Å². The highest BCUT2D eigenvalue weighted by Crippen LogP contribution is 2.33. The van der Waals surface area contributed by atoms with Gasteiger partial charge in [-0.3, -0.25) is 5.01 Å². The second-order valence-electron chi connectivity index (χ2n) is 12.2. The zero-order chi connectivity index (χ0) is 32.9. The molecule has 0 saturated heterocycles. The quantitative estimate of drug-likeness (QED) is 0.105. The van der Waals surface area contributed by atoms with Gasteiger partial charge >= 0.3 is 0 Å². The molecule has 0 bridgehead atoms. The monoisotopic (exact) mass is 622 g/mol. The third-order valence-corrected chi connectivity index (χ3v) is 7.79. The topological polar surface area (TPSA) is 74.6 Å². The molecule has 0 saturated carbocycles. The zero-order valence-corrected chi connectivity index (χ0v) is 28.4. The van der Waals surface area contributed by atoms with Gasteiger partial charge < -0.3 is 19.7 Å². The van der Waals surface area contributed by atoms with Crippen molar-refractivity contribution in [3.8, 4) is 23.8 Å². The summed E-state index contributed by atoms with van der Waals surface area (Å²) in [7, 11) is 0. The number of nitrogens with zero attached hydrogens (tertiary/aromatic N) is 5. The highest BCUT2D eigenvalue weighted by molar-refractivity contribution is 6.08. The Morgan fingerprint density at radius 3 is 2.78 bits per heavy atom. The maximum absolute atomic E-state index is 6.25. The number of hydrazone groups is 1. The standard InChI is InChI=1S/C38H50N6O2/c1-8-11-13-19-39-37(36-31(7)24-35-38(42-36)43(20-14-12-9-2)26-29(5)27-45-35)41-32-15-16-34(30(6)23-32)46-33-17-21-44(22-18-33)40-25-28(4)10-3/h3,13,15-19,21,23-25,28-29H,8-9,11-12,14,20,22,26-27H2,1-2,4-7H3,(H,39,41)/b19-13+,40-25-. The van der Waals surface area contributed by atoms with Crippen LogP contribution in [0.2, 0.25) is 0 Å². The normalized spacial score (nSPS) is 17.4. The van der Waals surface area contributed by atoms with Gasteiger partial charge in [-0.25, -0.2) is 9.98 Å². The molecule has 2 atom stereocenters. The molecular formula is C38H50N6O2. The van der Waals surface area contributed by atoms with Crippen molar-refractivity contribution in [2.24, 2.45) is 21.9 Å². The Kier molecular flexibility index (Phi) is 12.9. The van der Waals surface area contributed by atoms with Crippen molar-refractivity contribution >= 4 is 23.6 Å².